The predicted octanol–water partition coefficient (Wildman–Crippen LogP) is 1.86. The van der Waals surface area contributed by atoms with Crippen LogP contribution in [0, 0.1) is 13.8 Å². The molecule has 0 unspecified atom stereocenters. The maximum Gasteiger partial charge on any atom is 0.283 e. The van der Waals surface area contributed by atoms with E-state index in [2.05, 4.69) is 20.2 Å². The molecular weight excluding hydrogens is 250 g/mol. The van der Waals surface area contributed by atoms with Gasteiger partial charge in [-0.1, -0.05) is 0 Å². The van der Waals surface area contributed by atoms with Crippen LogP contribution in [0.1, 0.15) is 11.6 Å². The summed E-state index contributed by atoms with van der Waals surface area (Å²) in [7, 11) is 0. The minimum atomic E-state index is 0.144. The normalized spacial score (nSPS) is 10.7. The van der Waals surface area contributed by atoms with Crippen LogP contribution >= 0.6 is 23.4 Å². The van der Waals surface area contributed by atoms with Gasteiger partial charge in [0.05, 0.1) is 11.4 Å². The van der Waals surface area contributed by atoms with Crippen LogP contribution in [0.4, 0.5) is 5.69 Å². The van der Waals surface area contributed by atoms with Gasteiger partial charge in [-0.3, -0.25) is 0 Å². The zero-order chi connectivity index (χ0) is 11.7. The smallest absolute Gasteiger partial charge is 0.283 e. The molecule has 8 heteroatoms. The van der Waals surface area contributed by atoms with Crippen molar-refractivity contribution in [1.82, 2.24) is 20.2 Å². The largest absolute Gasteiger partial charge is 0.416 e. The van der Waals surface area contributed by atoms with Crippen LogP contribution in [0.25, 0.3) is 0 Å². The molecule has 16 heavy (non-hydrogen) atoms. The fourth-order valence-electron chi connectivity index (χ4n) is 1.00. The average molecular weight is 258 g/mol. The predicted molar refractivity (Wildman–Crippen MR) is 59.3 cm³/mol. The van der Waals surface area contributed by atoms with Crippen molar-refractivity contribution in [3.05, 3.63) is 16.9 Å². The number of hydrogen-bond donors (Lipinski definition) is 1. The molecule has 0 saturated carbocycles. The van der Waals surface area contributed by atoms with E-state index in [0.717, 1.165) is 11.8 Å². The number of halogens is 1. The van der Waals surface area contributed by atoms with E-state index >= 15 is 0 Å². The third-order valence-corrected chi connectivity index (χ3v) is 2.78. The number of aromatic nitrogens is 4. The van der Waals surface area contributed by atoms with Crippen molar-refractivity contribution in [2.75, 3.05) is 5.73 Å². The van der Waals surface area contributed by atoms with E-state index in [1.54, 1.807) is 13.8 Å². The minimum absolute atomic E-state index is 0.144. The van der Waals surface area contributed by atoms with Crippen LogP contribution in [-0.4, -0.2) is 20.2 Å². The Morgan fingerprint density at radius 3 is 2.62 bits per heavy atom. The summed E-state index contributed by atoms with van der Waals surface area (Å²) >= 11 is 6.90. The summed E-state index contributed by atoms with van der Waals surface area (Å²) in [6.45, 7) is 3.46. The molecule has 0 radical (unpaired) electrons. The number of anilines is 1. The van der Waals surface area contributed by atoms with Crippen LogP contribution in [0.5, 0.6) is 0 Å². The molecule has 2 heterocycles. The molecule has 84 valence electrons. The van der Waals surface area contributed by atoms with Crippen LogP contribution in [0.3, 0.4) is 0 Å². The van der Waals surface area contributed by atoms with E-state index in [0.29, 0.717) is 27.5 Å². The van der Waals surface area contributed by atoms with E-state index in [1.807, 2.05) is 0 Å². The maximum atomic E-state index is 5.81. The lowest BCUT2D eigenvalue weighted by Gasteiger charge is -2.04. The lowest BCUT2D eigenvalue weighted by molar-refractivity contribution is 0.429. The SMILES string of the molecule is Cc1nnc(Sc2nc(Cl)nc(C)c2N)o1. The summed E-state index contributed by atoms with van der Waals surface area (Å²) < 4.78 is 5.20. The van der Waals surface area contributed by atoms with E-state index in [4.69, 9.17) is 21.8 Å². The number of aryl methyl sites for hydroxylation is 2. The van der Waals surface area contributed by atoms with Gasteiger partial charge in [-0.2, -0.15) is 0 Å². The van der Waals surface area contributed by atoms with Crippen molar-refractivity contribution in [1.29, 1.82) is 0 Å². The van der Waals surface area contributed by atoms with Gasteiger partial charge in [-0.05, 0) is 30.3 Å². The van der Waals surface area contributed by atoms with Crippen molar-refractivity contribution in [3.63, 3.8) is 0 Å². The van der Waals surface area contributed by atoms with Crippen molar-refractivity contribution < 1.29 is 4.42 Å². The molecule has 6 nitrogen and oxygen atoms in total. The second-order valence-electron chi connectivity index (χ2n) is 2.99. The van der Waals surface area contributed by atoms with Crippen molar-refractivity contribution >= 4 is 29.1 Å². The molecule has 0 atom stereocenters. The summed E-state index contributed by atoms with van der Waals surface area (Å²) in [5, 5.41) is 8.56. The van der Waals surface area contributed by atoms with Gasteiger partial charge >= 0.3 is 0 Å². The second-order valence-corrected chi connectivity index (χ2v) is 4.26. The number of nitrogen functional groups attached to an aromatic ring is 1. The third-order valence-electron chi connectivity index (χ3n) is 1.77. The Morgan fingerprint density at radius 1 is 1.25 bits per heavy atom. The second kappa shape index (κ2) is 4.26. The van der Waals surface area contributed by atoms with Crippen LogP contribution < -0.4 is 5.73 Å². The van der Waals surface area contributed by atoms with Crippen LogP contribution in [-0.2, 0) is 0 Å². The van der Waals surface area contributed by atoms with Crippen LogP contribution in [0.15, 0.2) is 14.7 Å². The first kappa shape index (κ1) is 11.2. The summed E-state index contributed by atoms with van der Waals surface area (Å²) in [5.74, 6) is 0.484. The van der Waals surface area contributed by atoms with Gasteiger partial charge in [-0.25, -0.2) is 9.97 Å². The molecule has 0 bridgehead atoms. The van der Waals surface area contributed by atoms with Gasteiger partial charge in [0.2, 0.25) is 11.2 Å². The molecule has 0 aliphatic carbocycles. The van der Waals surface area contributed by atoms with E-state index in [9.17, 15) is 0 Å². The Bertz CT molecular complexity index is 529. The van der Waals surface area contributed by atoms with Crippen molar-refractivity contribution in [2.45, 2.75) is 24.1 Å². The lowest BCUT2D eigenvalue weighted by atomic mass is 10.4. The number of nitrogens with two attached hydrogens (primary N) is 1. The molecule has 0 spiro atoms. The summed E-state index contributed by atoms with van der Waals surface area (Å²) in [6, 6.07) is 0. The monoisotopic (exact) mass is 257 g/mol. The molecule has 2 aromatic rings. The van der Waals surface area contributed by atoms with E-state index < -0.39 is 0 Å². The van der Waals surface area contributed by atoms with Gasteiger partial charge in [0, 0.05) is 6.92 Å². The summed E-state index contributed by atoms with van der Waals surface area (Å²) in [6.07, 6.45) is 0. The summed E-state index contributed by atoms with van der Waals surface area (Å²) in [5.41, 5.74) is 6.90. The Kier molecular flexibility index (Phi) is 2.97. The highest BCUT2D eigenvalue weighted by Gasteiger charge is 2.12. The third kappa shape index (κ3) is 2.25. The van der Waals surface area contributed by atoms with Gasteiger partial charge in [0.1, 0.15) is 5.03 Å². The molecular formula is C8H8ClN5OS. The topological polar surface area (TPSA) is 90.7 Å². The van der Waals surface area contributed by atoms with E-state index in [1.165, 1.54) is 0 Å². The van der Waals surface area contributed by atoms with Crippen molar-refractivity contribution in [3.8, 4) is 0 Å². The first-order valence-electron chi connectivity index (χ1n) is 4.34. The number of hydrogen-bond acceptors (Lipinski definition) is 7. The Morgan fingerprint density at radius 2 is 2.00 bits per heavy atom. The van der Waals surface area contributed by atoms with Crippen LogP contribution in [0.2, 0.25) is 5.28 Å². The molecule has 0 aliphatic heterocycles. The van der Waals surface area contributed by atoms with Crippen molar-refractivity contribution in [2.24, 2.45) is 0 Å². The number of rotatable bonds is 2. The highest BCUT2D eigenvalue weighted by atomic mass is 35.5. The fourth-order valence-corrected chi connectivity index (χ4v) is 2.06. The van der Waals surface area contributed by atoms with E-state index in [-0.39, 0.29) is 5.28 Å². The first-order valence-corrected chi connectivity index (χ1v) is 5.53. The maximum absolute atomic E-state index is 5.81. The van der Waals surface area contributed by atoms with Gasteiger partial charge in [-0.15, -0.1) is 10.2 Å². The zero-order valence-corrected chi connectivity index (χ0v) is 10.1. The molecule has 0 aromatic carbocycles. The molecule has 0 aliphatic rings. The molecule has 0 saturated heterocycles. The Hall–Kier alpha value is -1.34. The van der Waals surface area contributed by atoms with Gasteiger partial charge in [0.15, 0.2) is 0 Å². The molecule has 0 fully saturated rings. The lowest BCUT2D eigenvalue weighted by Crippen LogP contribution is -1.99. The number of nitrogens with zero attached hydrogens (tertiary/aromatic N) is 4. The Labute approximate surface area is 101 Å². The van der Waals surface area contributed by atoms with Gasteiger partial charge < -0.3 is 10.2 Å². The zero-order valence-electron chi connectivity index (χ0n) is 8.56. The quantitative estimate of drug-likeness (QED) is 0.648. The molecule has 2 N–H and O–H groups in total. The molecule has 2 rings (SSSR count). The molecule has 0 amide bonds. The minimum Gasteiger partial charge on any atom is -0.416 e. The summed E-state index contributed by atoms with van der Waals surface area (Å²) in [4.78, 5) is 7.93. The highest BCUT2D eigenvalue weighted by molar-refractivity contribution is 7.99. The molecule has 2 aromatic heterocycles. The van der Waals surface area contributed by atoms with Gasteiger partial charge in [0.25, 0.3) is 5.22 Å². The highest BCUT2D eigenvalue weighted by Crippen LogP contribution is 2.31. The standard InChI is InChI=1S/C8H8ClN5OS/c1-3-5(10)6(12-7(9)11-3)16-8-14-13-4(2)15-8/h10H2,1-2H3. The first-order chi connectivity index (χ1) is 7.56. The Balaban J connectivity index is 2.34. The fraction of sp³-hybridized carbons (Fsp3) is 0.250. The average Bonchev–Trinajstić information content (AvgIpc) is 2.60.